The first kappa shape index (κ1) is 14.0. The Morgan fingerprint density at radius 1 is 1.68 bits per heavy atom. The lowest BCUT2D eigenvalue weighted by Gasteiger charge is -2.15. The molecule has 1 unspecified atom stereocenters. The van der Waals surface area contributed by atoms with Crippen LogP contribution in [0.25, 0.3) is 0 Å². The van der Waals surface area contributed by atoms with Crippen molar-refractivity contribution >= 4 is 17.3 Å². The smallest absolute Gasteiger partial charge is 0.291 e. The Hall–Kier alpha value is -1.47. The van der Waals surface area contributed by atoms with E-state index < -0.39 is 0 Å². The second-order valence-electron chi connectivity index (χ2n) is 4.95. The Kier molecular flexibility index (Phi) is 4.49. The first-order valence-corrected chi connectivity index (χ1v) is 7.01. The monoisotopic (exact) mass is 279 g/mol. The van der Waals surface area contributed by atoms with Crippen molar-refractivity contribution in [1.82, 2.24) is 9.78 Å². The molecule has 2 rings (SSSR count). The van der Waals surface area contributed by atoms with E-state index in [9.17, 15) is 4.79 Å². The third-order valence-corrected chi connectivity index (χ3v) is 3.51. The number of anilines is 1. The average molecular weight is 280 g/mol. The predicted molar refractivity (Wildman–Crippen MR) is 77.4 cm³/mol. The van der Waals surface area contributed by atoms with E-state index in [1.807, 2.05) is 6.92 Å². The van der Waals surface area contributed by atoms with Gasteiger partial charge in [0.15, 0.2) is 0 Å². The van der Waals surface area contributed by atoms with E-state index in [0.29, 0.717) is 23.2 Å². The fraction of sp³-hybridized carbons (Fsp3) is 0.571. The first-order valence-electron chi connectivity index (χ1n) is 6.64. The van der Waals surface area contributed by atoms with E-state index in [4.69, 9.17) is 18.0 Å². The molecule has 1 aromatic heterocycles. The number of hydrogen-bond donors (Lipinski definition) is 1. The maximum atomic E-state index is 12.3. The normalized spacial score (nSPS) is 15.8. The second-order valence-corrected chi connectivity index (χ2v) is 5.36. The molecule has 0 aliphatic heterocycles. The standard InChI is InChI=1S/C14H18ClN3O/c1-3-5-11(4-2)17-13-12(15)8-16-18(14(13)19)9-10-6-7-10/h2,8,10-11,17H,3,5-7,9H2,1H3. The highest BCUT2D eigenvalue weighted by atomic mass is 35.5. The van der Waals surface area contributed by atoms with E-state index >= 15 is 0 Å². The van der Waals surface area contributed by atoms with E-state index in [2.05, 4.69) is 16.3 Å². The predicted octanol–water partition coefficient (Wildman–Crippen LogP) is 2.52. The summed E-state index contributed by atoms with van der Waals surface area (Å²) in [4.78, 5) is 12.3. The summed E-state index contributed by atoms with van der Waals surface area (Å²) in [5.41, 5.74) is 0.185. The Morgan fingerprint density at radius 2 is 2.42 bits per heavy atom. The molecule has 0 bridgehead atoms. The van der Waals surface area contributed by atoms with Crippen LogP contribution in [0.1, 0.15) is 32.6 Å². The fourth-order valence-electron chi connectivity index (χ4n) is 1.93. The molecule has 1 N–H and O–H groups in total. The van der Waals surface area contributed by atoms with Crippen molar-refractivity contribution < 1.29 is 0 Å². The molecular weight excluding hydrogens is 262 g/mol. The van der Waals surface area contributed by atoms with E-state index in [0.717, 1.165) is 12.8 Å². The van der Waals surface area contributed by atoms with Crippen LogP contribution in [0, 0.1) is 18.3 Å². The van der Waals surface area contributed by atoms with Gasteiger partial charge in [-0.1, -0.05) is 30.9 Å². The SMILES string of the molecule is C#CC(CCC)Nc1c(Cl)cnn(CC2CC2)c1=O. The molecule has 102 valence electrons. The average Bonchev–Trinajstić information content (AvgIpc) is 3.20. The van der Waals surface area contributed by atoms with Gasteiger partial charge in [-0.25, -0.2) is 4.68 Å². The maximum Gasteiger partial charge on any atom is 0.291 e. The van der Waals surface area contributed by atoms with Gasteiger partial charge >= 0.3 is 0 Å². The fourth-order valence-corrected chi connectivity index (χ4v) is 2.11. The number of hydrogen-bond acceptors (Lipinski definition) is 3. The highest BCUT2D eigenvalue weighted by Gasteiger charge is 2.23. The summed E-state index contributed by atoms with van der Waals surface area (Å²) in [7, 11) is 0. The van der Waals surface area contributed by atoms with Gasteiger partial charge in [-0.15, -0.1) is 6.42 Å². The van der Waals surface area contributed by atoms with Crippen molar-refractivity contribution in [2.45, 2.75) is 45.2 Å². The topological polar surface area (TPSA) is 46.9 Å². The molecule has 0 aromatic carbocycles. The molecule has 1 fully saturated rings. The van der Waals surface area contributed by atoms with Crippen molar-refractivity contribution in [1.29, 1.82) is 0 Å². The molecule has 0 amide bonds. The number of terminal acetylenes is 1. The maximum absolute atomic E-state index is 12.3. The molecule has 19 heavy (non-hydrogen) atoms. The summed E-state index contributed by atoms with van der Waals surface area (Å²) in [6, 6.07) is -0.174. The van der Waals surface area contributed by atoms with Crippen LogP contribution in [0.15, 0.2) is 11.0 Å². The Morgan fingerprint density at radius 3 is 3.00 bits per heavy atom. The Balaban J connectivity index is 2.22. The molecule has 5 heteroatoms. The van der Waals surface area contributed by atoms with Gasteiger partial charge in [0, 0.05) is 6.54 Å². The van der Waals surface area contributed by atoms with E-state index in [-0.39, 0.29) is 11.6 Å². The minimum Gasteiger partial charge on any atom is -0.366 e. The summed E-state index contributed by atoms with van der Waals surface area (Å²) in [6.45, 7) is 2.71. The highest BCUT2D eigenvalue weighted by molar-refractivity contribution is 6.33. The van der Waals surface area contributed by atoms with Crippen molar-refractivity contribution in [3.05, 3.63) is 21.6 Å². The van der Waals surface area contributed by atoms with Gasteiger partial charge in [-0.05, 0) is 25.2 Å². The third kappa shape index (κ3) is 3.51. The van der Waals surface area contributed by atoms with E-state index in [1.54, 1.807) is 0 Å². The molecule has 1 aliphatic carbocycles. The largest absolute Gasteiger partial charge is 0.366 e. The molecular formula is C14H18ClN3O. The lowest BCUT2D eigenvalue weighted by Crippen LogP contribution is -2.30. The lowest BCUT2D eigenvalue weighted by atomic mass is 10.2. The number of nitrogens with zero attached hydrogens (tertiary/aromatic N) is 2. The van der Waals surface area contributed by atoms with Gasteiger partial charge in [0.1, 0.15) is 5.69 Å². The molecule has 1 heterocycles. The van der Waals surface area contributed by atoms with Gasteiger partial charge in [0.25, 0.3) is 5.56 Å². The van der Waals surface area contributed by atoms with Gasteiger partial charge in [0.05, 0.1) is 17.3 Å². The second kappa shape index (κ2) is 6.12. The molecule has 0 saturated heterocycles. The van der Waals surface area contributed by atoms with Gasteiger partial charge in [-0.2, -0.15) is 5.10 Å². The van der Waals surface area contributed by atoms with Crippen LogP contribution in [-0.2, 0) is 6.54 Å². The molecule has 0 radical (unpaired) electrons. The van der Waals surface area contributed by atoms with Crippen LogP contribution >= 0.6 is 11.6 Å². The van der Waals surface area contributed by atoms with Crippen LogP contribution in [-0.4, -0.2) is 15.8 Å². The molecule has 0 spiro atoms. The van der Waals surface area contributed by atoms with Crippen molar-refractivity contribution in [3.63, 3.8) is 0 Å². The first-order chi connectivity index (χ1) is 9.15. The van der Waals surface area contributed by atoms with Crippen molar-refractivity contribution in [3.8, 4) is 12.3 Å². The zero-order valence-electron chi connectivity index (χ0n) is 11.0. The highest BCUT2D eigenvalue weighted by Crippen LogP contribution is 2.30. The van der Waals surface area contributed by atoms with Gasteiger partial charge in [0.2, 0.25) is 0 Å². The van der Waals surface area contributed by atoms with Crippen LogP contribution in [0.2, 0.25) is 5.02 Å². The number of rotatable bonds is 6. The minimum absolute atomic E-state index is 0.174. The summed E-state index contributed by atoms with van der Waals surface area (Å²) >= 11 is 6.05. The minimum atomic E-state index is -0.184. The van der Waals surface area contributed by atoms with E-state index in [1.165, 1.54) is 23.7 Å². The number of nitrogens with one attached hydrogen (secondary N) is 1. The molecule has 1 aliphatic rings. The lowest BCUT2D eigenvalue weighted by molar-refractivity contribution is 0.534. The van der Waals surface area contributed by atoms with Gasteiger partial charge < -0.3 is 5.32 Å². The summed E-state index contributed by atoms with van der Waals surface area (Å²) in [5.74, 6) is 3.22. The molecule has 4 nitrogen and oxygen atoms in total. The van der Waals surface area contributed by atoms with Crippen LogP contribution in [0.4, 0.5) is 5.69 Å². The third-order valence-electron chi connectivity index (χ3n) is 3.22. The number of halogens is 1. The quantitative estimate of drug-likeness (QED) is 0.814. The number of aromatic nitrogens is 2. The van der Waals surface area contributed by atoms with Crippen LogP contribution in [0.3, 0.4) is 0 Å². The zero-order chi connectivity index (χ0) is 13.8. The summed E-state index contributed by atoms with van der Waals surface area (Å²) < 4.78 is 1.48. The molecule has 1 saturated carbocycles. The van der Waals surface area contributed by atoms with Crippen LogP contribution < -0.4 is 10.9 Å². The van der Waals surface area contributed by atoms with Crippen LogP contribution in [0.5, 0.6) is 0 Å². The van der Waals surface area contributed by atoms with Gasteiger partial charge in [-0.3, -0.25) is 4.79 Å². The Labute approximate surface area is 118 Å². The molecule has 1 aromatic rings. The van der Waals surface area contributed by atoms with Crippen molar-refractivity contribution in [2.75, 3.05) is 5.32 Å². The van der Waals surface area contributed by atoms with Crippen molar-refractivity contribution in [2.24, 2.45) is 5.92 Å². The summed E-state index contributed by atoms with van der Waals surface area (Å²) in [6.07, 6.45) is 11.0. The Bertz CT molecular complexity index is 543. The zero-order valence-corrected chi connectivity index (χ0v) is 11.8. The molecule has 1 atom stereocenters. The summed E-state index contributed by atoms with van der Waals surface area (Å²) in [5, 5.41) is 7.46.